The summed E-state index contributed by atoms with van der Waals surface area (Å²) < 4.78 is 26.0. The number of halogens is 1. The molecular weight excluding hydrogens is 322 g/mol. The average molecular weight is 340 g/mol. The summed E-state index contributed by atoms with van der Waals surface area (Å²) in [6.45, 7) is 0. The standard InChI is InChI=1S/C15H17N3O2S.ClH/c1-17-21(19,20)12-4-2-3-10(7-12)15-6-5-11(9-18-15)13-8-14(13)16;/h2-7,9,13-14,17H,8,16H2,1H3;1H/t13-,14+;/m0./s1. The number of nitrogens with two attached hydrogens (primary N) is 1. The molecule has 0 amide bonds. The van der Waals surface area contributed by atoms with Crippen LogP contribution in [0.5, 0.6) is 0 Å². The van der Waals surface area contributed by atoms with Crippen LogP contribution in [0, 0.1) is 0 Å². The minimum atomic E-state index is -3.44. The Hall–Kier alpha value is -1.47. The third-order valence-corrected chi connectivity index (χ3v) is 5.18. The molecule has 0 spiro atoms. The lowest BCUT2D eigenvalue weighted by molar-refractivity contribution is 0.588. The van der Waals surface area contributed by atoms with Crippen LogP contribution in [-0.2, 0) is 10.0 Å². The molecule has 22 heavy (non-hydrogen) atoms. The van der Waals surface area contributed by atoms with Crippen molar-refractivity contribution in [2.24, 2.45) is 5.73 Å². The van der Waals surface area contributed by atoms with Gasteiger partial charge in [0, 0.05) is 23.7 Å². The molecule has 0 saturated heterocycles. The number of aromatic nitrogens is 1. The van der Waals surface area contributed by atoms with Crippen LogP contribution in [0.1, 0.15) is 17.9 Å². The van der Waals surface area contributed by atoms with Gasteiger partial charge < -0.3 is 5.73 Å². The Morgan fingerprint density at radius 1 is 1.27 bits per heavy atom. The van der Waals surface area contributed by atoms with Gasteiger partial charge in [0.05, 0.1) is 10.6 Å². The van der Waals surface area contributed by atoms with Crippen LogP contribution >= 0.6 is 12.4 Å². The molecular formula is C15H18ClN3O2S. The van der Waals surface area contributed by atoms with Crippen molar-refractivity contribution in [2.45, 2.75) is 23.3 Å². The first kappa shape index (κ1) is 16.9. The fraction of sp³-hybridized carbons (Fsp3) is 0.267. The number of hydrogen-bond donors (Lipinski definition) is 2. The summed E-state index contributed by atoms with van der Waals surface area (Å²) in [5.74, 6) is 0.419. The lowest BCUT2D eigenvalue weighted by Crippen LogP contribution is -2.18. The highest BCUT2D eigenvalue weighted by molar-refractivity contribution is 7.89. The number of pyridine rings is 1. The van der Waals surface area contributed by atoms with Crippen molar-refractivity contribution in [2.75, 3.05) is 7.05 Å². The molecule has 118 valence electrons. The van der Waals surface area contributed by atoms with Gasteiger partial charge in [-0.05, 0) is 37.2 Å². The zero-order chi connectivity index (χ0) is 15.0. The van der Waals surface area contributed by atoms with E-state index in [0.29, 0.717) is 5.92 Å². The van der Waals surface area contributed by atoms with Gasteiger partial charge >= 0.3 is 0 Å². The van der Waals surface area contributed by atoms with Gasteiger partial charge in [0.1, 0.15) is 0 Å². The van der Waals surface area contributed by atoms with E-state index >= 15 is 0 Å². The fourth-order valence-electron chi connectivity index (χ4n) is 2.33. The van der Waals surface area contributed by atoms with Crippen molar-refractivity contribution >= 4 is 22.4 Å². The average Bonchev–Trinajstić information content (AvgIpc) is 3.24. The number of hydrogen-bond acceptors (Lipinski definition) is 4. The molecule has 0 bridgehead atoms. The number of rotatable bonds is 4. The van der Waals surface area contributed by atoms with E-state index in [1.165, 1.54) is 7.05 Å². The second-order valence-corrected chi connectivity index (χ2v) is 7.10. The normalized spacial score (nSPS) is 20.3. The van der Waals surface area contributed by atoms with Crippen LogP contribution in [0.3, 0.4) is 0 Å². The Kier molecular flexibility index (Phi) is 4.87. The van der Waals surface area contributed by atoms with Crippen LogP contribution in [0.4, 0.5) is 0 Å². The van der Waals surface area contributed by atoms with Gasteiger partial charge in [-0.3, -0.25) is 4.98 Å². The lowest BCUT2D eigenvalue weighted by atomic mass is 10.1. The van der Waals surface area contributed by atoms with Crippen molar-refractivity contribution in [3.8, 4) is 11.3 Å². The molecule has 1 heterocycles. The number of benzene rings is 1. The molecule has 0 radical (unpaired) electrons. The molecule has 1 aliphatic carbocycles. The summed E-state index contributed by atoms with van der Waals surface area (Å²) in [6, 6.07) is 10.9. The Morgan fingerprint density at radius 3 is 2.55 bits per heavy atom. The molecule has 1 fully saturated rings. The SMILES string of the molecule is CNS(=O)(=O)c1cccc(-c2ccc([C@@H]3C[C@H]3N)cn2)c1.Cl. The molecule has 0 unspecified atom stereocenters. The molecule has 2 atom stereocenters. The molecule has 1 saturated carbocycles. The largest absolute Gasteiger partial charge is 0.327 e. The van der Waals surface area contributed by atoms with Gasteiger partial charge in [-0.15, -0.1) is 12.4 Å². The van der Waals surface area contributed by atoms with Crippen molar-refractivity contribution in [1.29, 1.82) is 0 Å². The van der Waals surface area contributed by atoms with E-state index in [-0.39, 0.29) is 23.3 Å². The first-order valence-electron chi connectivity index (χ1n) is 6.77. The molecule has 5 nitrogen and oxygen atoms in total. The van der Waals surface area contributed by atoms with Crippen LogP contribution in [0.2, 0.25) is 0 Å². The van der Waals surface area contributed by atoms with E-state index in [2.05, 4.69) is 9.71 Å². The van der Waals surface area contributed by atoms with Crippen molar-refractivity contribution < 1.29 is 8.42 Å². The molecule has 1 aromatic heterocycles. The van der Waals surface area contributed by atoms with E-state index in [1.807, 2.05) is 24.4 Å². The minimum Gasteiger partial charge on any atom is -0.327 e. The third-order valence-electron chi connectivity index (χ3n) is 3.76. The zero-order valence-corrected chi connectivity index (χ0v) is 13.7. The van der Waals surface area contributed by atoms with Gasteiger partial charge in [0.2, 0.25) is 10.0 Å². The number of nitrogens with one attached hydrogen (secondary N) is 1. The van der Waals surface area contributed by atoms with Gasteiger partial charge in [0.25, 0.3) is 0 Å². The Morgan fingerprint density at radius 2 is 2.00 bits per heavy atom. The third kappa shape index (κ3) is 3.30. The van der Waals surface area contributed by atoms with Crippen molar-refractivity contribution in [1.82, 2.24) is 9.71 Å². The predicted molar refractivity (Wildman–Crippen MR) is 88.5 cm³/mol. The summed E-state index contributed by atoms with van der Waals surface area (Å²) in [6.07, 6.45) is 2.84. The van der Waals surface area contributed by atoms with Gasteiger partial charge in [-0.2, -0.15) is 0 Å². The summed E-state index contributed by atoms with van der Waals surface area (Å²) in [7, 11) is -2.05. The smallest absolute Gasteiger partial charge is 0.240 e. The second kappa shape index (κ2) is 6.34. The first-order chi connectivity index (χ1) is 10.0. The van der Waals surface area contributed by atoms with E-state index in [9.17, 15) is 8.42 Å². The van der Waals surface area contributed by atoms with Crippen molar-refractivity contribution in [3.63, 3.8) is 0 Å². The quantitative estimate of drug-likeness (QED) is 0.890. The fourth-order valence-corrected chi connectivity index (χ4v) is 3.11. The molecule has 1 aromatic carbocycles. The van der Waals surface area contributed by atoms with Crippen LogP contribution < -0.4 is 10.5 Å². The summed E-state index contributed by atoms with van der Waals surface area (Å²) in [5, 5.41) is 0. The van der Waals surface area contributed by atoms with Gasteiger partial charge in [-0.1, -0.05) is 18.2 Å². The molecule has 3 N–H and O–H groups in total. The highest BCUT2D eigenvalue weighted by Gasteiger charge is 2.34. The van der Waals surface area contributed by atoms with Crippen LogP contribution in [-0.4, -0.2) is 26.5 Å². The zero-order valence-electron chi connectivity index (χ0n) is 12.1. The molecule has 0 aliphatic heterocycles. The monoisotopic (exact) mass is 339 g/mol. The second-order valence-electron chi connectivity index (χ2n) is 5.22. The minimum absolute atomic E-state index is 0. The van der Waals surface area contributed by atoms with Gasteiger partial charge in [-0.25, -0.2) is 13.1 Å². The van der Waals surface area contributed by atoms with Crippen LogP contribution in [0.25, 0.3) is 11.3 Å². The van der Waals surface area contributed by atoms with Gasteiger partial charge in [0.15, 0.2) is 0 Å². The van der Waals surface area contributed by atoms with E-state index in [0.717, 1.165) is 23.2 Å². The summed E-state index contributed by atoms with van der Waals surface area (Å²) in [5.41, 5.74) is 8.50. The number of nitrogens with zero attached hydrogens (tertiary/aromatic N) is 1. The maximum atomic E-state index is 11.8. The maximum absolute atomic E-state index is 11.8. The summed E-state index contributed by atoms with van der Waals surface area (Å²) in [4.78, 5) is 4.66. The lowest BCUT2D eigenvalue weighted by Gasteiger charge is -2.06. The Labute approximate surface area is 136 Å². The topological polar surface area (TPSA) is 85.1 Å². The molecule has 2 aromatic rings. The van der Waals surface area contributed by atoms with Crippen LogP contribution in [0.15, 0.2) is 47.5 Å². The molecule has 1 aliphatic rings. The summed E-state index contributed by atoms with van der Waals surface area (Å²) >= 11 is 0. The predicted octanol–water partition coefficient (Wildman–Crippen LogP) is 1.89. The van der Waals surface area contributed by atoms with E-state index in [4.69, 9.17) is 5.73 Å². The Balaban J connectivity index is 0.00000176. The maximum Gasteiger partial charge on any atom is 0.240 e. The van der Waals surface area contributed by atoms with E-state index in [1.54, 1.807) is 18.2 Å². The highest BCUT2D eigenvalue weighted by atomic mass is 35.5. The first-order valence-corrected chi connectivity index (χ1v) is 8.25. The molecule has 3 rings (SSSR count). The number of sulfonamides is 1. The highest BCUT2D eigenvalue weighted by Crippen LogP contribution is 2.38. The molecule has 7 heteroatoms. The van der Waals surface area contributed by atoms with E-state index < -0.39 is 10.0 Å². The Bertz CT molecular complexity index is 763. The van der Waals surface area contributed by atoms with Crippen molar-refractivity contribution in [3.05, 3.63) is 48.2 Å².